The number of aliphatic imine (C=N–C) groups is 2. The highest BCUT2D eigenvalue weighted by Crippen LogP contribution is 2.43. The molecule has 200 valence electrons. The second kappa shape index (κ2) is 9.93. The van der Waals surface area contributed by atoms with Crippen LogP contribution in [0.1, 0.15) is 48.2 Å². The standard InChI is InChI=1S/C22H24F4N6O3S2/c1-32-18(8-16(30-32)20(25)26)28-9-27-11-2-3-17-14(6-11)19(37(34,35)31-12-4-10(23)5-12)22(36-17)29-21(33)13-7-15(13)24/h8,10-13,15,20,31H,2-7H2,1H3,(H,29,33)/t10?,11-,12?,13-,15-/m0/s1. The van der Waals surface area contributed by atoms with Crippen LogP contribution in [0.15, 0.2) is 20.9 Å². The van der Waals surface area contributed by atoms with E-state index in [1.54, 1.807) is 0 Å². The van der Waals surface area contributed by atoms with Crippen molar-refractivity contribution in [3.05, 3.63) is 22.2 Å². The fourth-order valence-corrected chi connectivity index (χ4v) is 7.67. The molecule has 2 saturated carbocycles. The number of anilines is 1. The first kappa shape index (κ1) is 26.0. The van der Waals surface area contributed by atoms with E-state index >= 15 is 0 Å². The van der Waals surface area contributed by atoms with Crippen LogP contribution >= 0.6 is 11.3 Å². The summed E-state index contributed by atoms with van der Waals surface area (Å²) in [7, 11) is -2.65. The molecule has 0 unspecified atom stereocenters. The van der Waals surface area contributed by atoms with Crippen molar-refractivity contribution in [1.29, 1.82) is 0 Å². The Labute approximate surface area is 214 Å². The maximum Gasteiger partial charge on any atom is 0.282 e. The SMILES string of the molecule is Cn1nc(C(F)F)cc1N=C=N[C@H]1CCc2sc(NC(=O)[C@H]3C[C@@H]3F)c(S(=O)(=O)NC3CC(F)C3)c2C1. The molecule has 2 N–H and O–H groups in total. The lowest BCUT2D eigenvalue weighted by molar-refractivity contribution is -0.117. The summed E-state index contributed by atoms with van der Waals surface area (Å²) in [5, 5.41) is 6.38. The normalized spacial score (nSPS) is 26.7. The van der Waals surface area contributed by atoms with Gasteiger partial charge in [-0.15, -0.1) is 11.3 Å². The summed E-state index contributed by atoms with van der Waals surface area (Å²) >= 11 is 1.13. The summed E-state index contributed by atoms with van der Waals surface area (Å²) in [6, 6.07) is 2.69. The van der Waals surface area contributed by atoms with E-state index in [4.69, 9.17) is 0 Å². The van der Waals surface area contributed by atoms with E-state index in [-0.39, 0.29) is 41.4 Å². The molecule has 2 fully saturated rings. The molecule has 0 spiro atoms. The summed E-state index contributed by atoms with van der Waals surface area (Å²) in [4.78, 5) is 21.3. The number of amides is 1. The molecule has 1 amide bonds. The number of aryl methyl sites for hydroxylation is 2. The molecule has 0 aromatic carbocycles. The largest absolute Gasteiger partial charge is 0.316 e. The highest BCUT2D eigenvalue weighted by Gasteiger charge is 2.45. The Kier molecular flexibility index (Phi) is 6.98. The van der Waals surface area contributed by atoms with Crippen molar-refractivity contribution in [3.8, 4) is 0 Å². The summed E-state index contributed by atoms with van der Waals surface area (Å²) in [6.07, 6.45) is -3.56. The second-order valence-electron chi connectivity index (χ2n) is 9.49. The van der Waals surface area contributed by atoms with Gasteiger partial charge in [-0.2, -0.15) is 10.1 Å². The van der Waals surface area contributed by atoms with Gasteiger partial charge in [0.25, 0.3) is 6.43 Å². The van der Waals surface area contributed by atoms with Crippen molar-refractivity contribution < 1.29 is 30.8 Å². The number of carbonyl (C=O) groups is 1. The average Bonchev–Trinajstić information content (AvgIpc) is 3.25. The predicted molar refractivity (Wildman–Crippen MR) is 128 cm³/mol. The third-order valence-electron chi connectivity index (χ3n) is 6.65. The number of alkyl halides is 4. The Bertz CT molecular complexity index is 1380. The quantitative estimate of drug-likeness (QED) is 0.377. The van der Waals surface area contributed by atoms with E-state index in [0.29, 0.717) is 18.4 Å². The van der Waals surface area contributed by atoms with E-state index in [9.17, 15) is 30.8 Å². The molecule has 3 atom stereocenters. The fourth-order valence-electron chi connectivity index (χ4n) is 4.43. The Hall–Kier alpha value is -2.61. The number of halogens is 4. The van der Waals surface area contributed by atoms with Crippen molar-refractivity contribution in [1.82, 2.24) is 14.5 Å². The van der Waals surface area contributed by atoms with Gasteiger partial charge in [-0.05, 0) is 44.1 Å². The molecule has 37 heavy (non-hydrogen) atoms. The molecule has 9 nitrogen and oxygen atoms in total. The van der Waals surface area contributed by atoms with Crippen LogP contribution in [0.4, 0.5) is 28.4 Å². The highest BCUT2D eigenvalue weighted by atomic mass is 32.2. The first-order valence-corrected chi connectivity index (χ1v) is 14.0. The van der Waals surface area contributed by atoms with E-state index in [2.05, 4.69) is 31.1 Å². The zero-order chi connectivity index (χ0) is 26.5. The minimum Gasteiger partial charge on any atom is -0.316 e. The van der Waals surface area contributed by atoms with Crippen LogP contribution in [0.2, 0.25) is 0 Å². The van der Waals surface area contributed by atoms with Gasteiger partial charge < -0.3 is 5.32 Å². The highest BCUT2D eigenvalue weighted by molar-refractivity contribution is 7.90. The smallest absolute Gasteiger partial charge is 0.282 e. The summed E-state index contributed by atoms with van der Waals surface area (Å²) < 4.78 is 82.8. The van der Waals surface area contributed by atoms with Gasteiger partial charge >= 0.3 is 0 Å². The molecule has 0 aliphatic heterocycles. The van der Waals surface area contributed by atoms with Gasteiger partial charge in [0.2, 0.25) is 15.9 Å². The molecule has 0 radical (unpaired) electrons. The summed E-state index contributed by atoms with van der Waals surface area (Å²) in [5.41, 5.74) is 0.0650. The monoisotopic (exact) mass is 560 g/mol. The number of aromatic nitrogens is 2. The molecule has 2 aromatic heterocycles. The molecular weight excluding hydrogens is 536 g/mol. The lowest BCUT2D eigenvalue weighted by Crippen LogP contribution is -2.45. The maximum absolute atomic E-state index is 13.4. The van der Waals surface area contributed by atoms with E-state index in [0.717, 1.165) is 22.3 Å². The van der Waals surface area contributed by atoms with Crippen LogP contribution in [-0.2, 0) is 34.7 Å². The first-order chi connectivity index (χ1) is 17.5. The summed E-state index contributed by atoms with van der Waals surface area (Å²) in [6.45, 7) is 0. The van der Waals surface area contributed by atoms with Crippen LogP contribution < -0.4 is 10.0 Å². The summed E-state index contributed by atoms with van der Waals surface area (Å²) in [5.74, 6) is -1.23. The van der Waals surface area contributed by atoms with E-state index in [1.165, 1.54) is 11.7 Å². The van der Waals surface area contributed by atoms with Gasteiger partial charge in [0, 0.05) is 24.0 Å². The van der Waals surface area contributed by atoms with Crippen LogP contribution in [0.25, 0.3) is 0 Å². The molecule has 5 rings (SSSR count). The Morgan fingerprint density at radius 1 is 1.30 bits per heavy atom. The number of hydrogen-bond acceptors (Lipinski definition) is 7. The number of hydrogen-bond donors (Lipinski definition) is 2. The van der Waals surface area contributed by atoms with Gasteiger partial charge in [0.05, 0.1) is 18.0 Å². The van der Waals surface area contributed by atoms with E-state index in [1.807, 2.05) is 0 Å². The van der Waals surface area contributed by atoms with Crippen molar-refractivity contribution in [3.63, 3.8) is 0 Å². The molecule has 0 bridgehead atoms. The predicted octanol–water partition coefficient (Wildman–Crippen LogP) is 3.86. The molecule has 2 heterocycles. The molecular formula is C22H24F4N6O3S2. The molecule has 0 saturated heterocycles. The van der Waals surface area contributed by atoms with Crippen molar-refractivity contribution >= 4 is 44.1 Å². The Morgan fingerprint density at radius 2 is 2.03 bits per heavy atom. The number of rotatable bonds is 8. The number of fused-ring (bicyclic) bond motifs is 1. The number of nitrogens with one attached hydrogen (secondary N) is 2. The Balaban J connectivity index is 1.40. The van der Waals surface area contributed by atoms with Crippen molar-refractivity contribution in [2.24, 2.45) is 23.0 Å². The number of nitrogens with zero attached hydrogens (tertiary/aromatic N) is 4. The lowest BCUT2D eigenvalue weighted by Gasteiger charge is -2.30. The zero-order valence-corrected chi connectivity index (χ0v) is 21.3. The van der Waals surface area contributed by atoms with Crippen molar-refractivity contribution in [2.75, 3.05) is 5.32 Å². The maximum atomic E-state index is 13.4. The number of sulfonamides is 1. The zero-order valence-electron chi connectivity index (χ0n) is 19.6. The fraction of sp³-hybridized carbons (Fsp3) is 0.591. The van der Waals surface area contributed by atoms with Crippen LogP contribution in [0, 0.1) is 5.92 Å². The van der Waals surface area contributed by atoms with Crippen LogP contribution in [0.5, 0.6) is 0 Å². The van der Waals surface area contributed by atoms with Gasteiger partial charge in [-0.3, -0.25) is 4.79 Å². The molecule has 2 aromatic rings. The average molecular weight is 561 g/mol. The lowest BCUT2D eigenvalue weighted by atomic mass is 9.92. The van der Waals surface area contributed by atoms with Crippen molar-refractivity contribution in [2.45, 2.75) is 74.3 Å². The van der Waals surface area contributed by atoms with Gasteiger partial charge in [0.1, 0.15) is 27.9 Å². The topological polar surface area (TPSA) is 118 Å². The molecule has 3 aliphatic rings. The van der Waals surface area contributed by atoms with Gasteiger partial charge in [0.15, 0.2) is 5.82 Å². The Morgan fingerprint density at radius 3 is 2.65 bits per heavy atom. The minimum absolute atomic E-state index is 0.0729. The van der Waals surface area contributed by atoms with Gasteiger partial charge in [-0.1, -0.05) is 0 Å². The third-order valence-corrected chi connectivity index (χ3v) is 9.61. The van der Waals surface area contributed by atoms with E-state index < -0.39 is 58.4 Å². The minimum atomic E-state index is -4.12. The van der Waals surface area contributed by atoms with Gasteiger partial charge in [-0.25, -0.2) is 40.4 Å². The second-order valence-corrected chi connectivity index (χ2v) is 12.2. The first-order valence-electron chi connectivity index (χ1n) is 11.8. The number of carbonyl (C=O) groups excluding carboxylic acids is 1. The molecule has 15 heteroatoms. The molecule has 3 aliphatic carbocycles. The number of thiophene rings is 1. The van der Waals surface area contributed by atoms with Crippen LogP contribution in [0.3, 0.4) is 0 Å². The third kappa shape index (κ3) is 5.49. The van der Waals surface area contributed by atoms with Crippen LogP contribution in [-0.4, -0.2) is 54.5 Å².